The van der Waals surface area contributed by atoms with Crippen molar-refractivity contribution in [2.24, 2.45) is 0 Å². The van der Waals surface area contributed by atoms with E-state index < -0.39 is 6.10 Å². The predicted octanol–water partition coefficient (Wildman–Crippen LogP) is 1.76. The number of aliphatic hydroxyl groups is 1. The van der Waals surface area contributed by atoms with Gasteiger partial charge in [0.2, 0.25) is 0 Å². The highest BCUT2D eigenvalue weighted by atomic mass is 16.3. The highest BCUT2D eigenvalue weighted by Gasteiger charge is 2.33. The molecule has 0 spiro atoms. The molecule has 3 nitrogen and oxygen atoms in total. The van der Waals surface area contributed by atoms with E-state index in [0.717, 1.165) is 29.8 Å². The number of carbonyl (C=O) groups excluding carboxylic acids is 1. The largest absolute Gasteiger partial charge is 0.388 e. The molecular formula is C13H15NO2. The van der Waals surface area contributed by atoms with Crippen molar-refractivity contribution in [2.45, 2.75) is 31.8 Å². The van der Waals surface area contributed by atoms with Crippen LogP contribution in [0.4, 0.5) is 5.69 Å². The first kappa shape index (κ1) is 9.85. The summed E-state index contributed by atoms with van der Waals surface area (Å²) in [7, 11) is 0. The van der Waals surface area contributed by atoms with Gasteiger partial charge in [-0.15, -0.1) is 0 Å². The third kappa shape index (κ3) is 1.28. The normalized spacial score (nSPS) is 26.1. The number of aliphatic hydroxyl groups excluding tert-OH is 1. The number of benzene rings is 1. The van der Waals surface area contributed by atoms with E-state index in [2.05, 4.69) is 11.4 Å². The van der Waals surface area contributed by atoms with E-state index in [9.17, 15) is 9.90 Å². The van der Waals surface area contributed by atoms with Gasteiger partial charge in [0, 0.05) is 18.2 Å². The number of carbonyl (C=O) groups is 1. The second-order valence-corrected chi connectivity index (χ2v) is 4.73. The Morgan fingerprint density at radius 3 is 3.00 bits per heavy atom. The summed E-state index contributed by atoms with van der Waals surface area (Å²) in [5.41, 5.74) is 4.39. The van der Waals surface area contributed by atoms with Gasteiger partial charge in [0.15, 0.2) is 0 Å². The van der Waals surface area contributed by atoms with Crippen LogP contribution in [0.25, 0.3) is 0 Å². The highest BCUT2D eigenvalue weighted by molar-refractivity contribution is 5.85. The van der Waals surface area contributed by atoms with E-state index in [-0.39, 0.29) is 11.7 Å². The molecule has 1 aliphatic heterocycles. The minimum atomic E-state index is -0.475. The Morgan fingerprint density at radius 1 is 1.44 bits per heavy atom. The summed E-state index contributed by atoms with van der Waals surface area (Å²) in [5, 5.41) is 13.3. The molecule has 0 fully saturated rings. The zero-order valence-corrected chi connectivity index (χ0v) is 9.29. The van der Waals surface area contributed by atoms with Crippen molar-refractivity contribution in [3.63, 3.8) is 0 Å². The molecule has 1 heterocycles. The molecule has 0 bridgehead atoms. The zero-order chi connectivity index (χ0) is 11.3. The van der Waals surface area contributed by atoms with Crippen LogP contribution in [0.3, 0.4) is 0 Å². The van der Waals surface area contributed by atoms with Crippen molar-refractivity contribution in [1.82, 2.24) is 0 Å². The first-order valence-corrected chi connectivity index (χ1v) is 5.76. The van der Waals surface area contributed by atoms with E-state index in [1.54, 1.807) is 6.92 Å². The third-order valence-electron chi connectivity index (χ3n) is 3.70. The number of fused-ring (bicyclic) bond motifs is 2. The van der Waals surface area contributed by atoms with Crippen molar-refractivity contribution in [3.05, 3.63) is 28.8 Å². The topological polar surface area (TPSA) is 49.3 Å². The quantitative estimate of drug-likeness (QED) is 0.753. The summed E-state index contributed by atoms with van der Waals surface area (Å²) < 4.78 is 0. The average Bonchev–Trinajstić information content (AvgIpc) is 2.80. The van der Waals surface area contributed by atoms with Gasteiger partial charge in [-0.25, -0.2) is 0 Å². The van der Waals surface area contributed by atoms with E-state index in [1.165, 1.54) is 5.56 Å². The Bertz CT molecular complexity index is 467. The maximum Gasteiger partial charge on any atom is 0.137 e. The molecule has 0 saturated carbocycles. The van der Waals surface area contributed by atoms with E-state index in [0.29, 0.717) is 6.42 Å². The number of anilines is 1. The molecule has 0 aromatic heterocycles. The summed E-state index contributed by atoms with van der Waals surface area (Å²) in [4.78, 5) is 11.5. The molecule has 1 aliphatic carbocycles. The van der Waals surface area contributed by atoms with Gasteiger partial charge in [-0.1, -0.05) is 6.07 Å². The SMILES string of the molecule is CC(=O)C1CC(O)c2cc3c(cc21)CCN3. The second kappa shape index (κ2) is 3.32. The van der Waals surface area contributed by atoms with Crippen molar-refractivity contribution in [2.75, 3.05) is 11.9 Å². The molecule has 0 saturated heterocycles. The van der Waals surface area contributed by atoms with Crippen LogP contribution in [0.5, 0.6) is 0 Å². The lowest BCUT2D eigenvalue weighted by molar-refractivity contribution is -0.118. The van der Waals surface area contributed by atoms with Crippen LogP contribution in [-0.4, -0.2) is 17.4 Å². The summed E-state index contributed by atoms with van der Waals surface area (Å²) >= 11 is 0. The van der Waals surface area contributed by atoms with Crippen LogP contribution < -0.4 is 5.32 Å². The van der Waals surface area contributed by atoms with Crippen LogP contribution >= 0.6 is 0 Å². The van der Waals surface area contributed by atoms with E-state index in [1.807, 2.05) is 6.07 Å². The summed E-state index contributed by atoms with van der Waals surface area (Å²) in [6.07, 6.45) is 1.09. The Balaban J connectivity index is 2.13. The lowest BCUT2D eigenvalue weighted by Gasteiger charge is -2.09. The first-order valence-electron chi connectivity index (χ1n) is 5.76. The maximum absolute atomic E-state index is 11.5. The summed E-state index contributed by atoms with van der Waals surface area (Å²) in [6.45, 7) is 2.57. The van der Waals surface area contributed by atoms with Crippen molar-refractivity contribution >= 4 is 11.5 Å². The average molecular weight is 217 g/mol. The monoisotopic (exact) mass is 217 g/mol. The third-order valence-corrected chi connectivity index (χ3v) is 3.70. The molecule has 1 aromatic rings. The van der Waals surface area contributed by atoms with Crippen LogP contribution in [0.2, 0.25) is 0 Å². The Hall–Kier alpha value is -1.35. The second-order valence-electron chi connectivity index (χ2n) is 4.73. The van der Waals surface area contributed by atoms with E-state index >= 15 is 0 Å². The molecule has 1 aromatic carbocycles. The van der Waals surface area contributed by atoms with Crippen molar-refractivity contribution in [3.8, 4) is 0 Å². The summed E-state index contributed by atoms with van der Waals surface area (Å²) in [5.74, 6) is 0.0552. The molecule has 16 heavy (non-hydrogen) atoms. The van der Waals surface area contributed by atoms with Crippen LogP contribution in [0.15, 0.2) is 12.1 Å². The van der Waals surface area contributed by atoms with Gasteiger partial charge in [-0.3, -0.25) is 4.79 Å². The van der Waals surface area contributed by atoms with Crippen molar-refractivity contribution < 1.29 is 9.90 Å². The van der Waals surface area contributed by atoms with Crippen LogP contribution in [-0.2, 0) is 11.2 Å². The number of ketones is 1. The van der Waals surface area contributed by atoms with Gasteiger partial charge in [-0.05, 0) is 42.5 Å². The Labute approximate surface area is 94.5 Å². The smallest absolute Gasteiger partial charge is 0.137 e. The molecule has 2 unspecified atom stereocenters. The number of nitrogens with one attached hydrogen (secondary N) is 1. The molecule has 84 valence electrons. The molecule has 3 heteroatoms. The van der Waals surface area contributed by atoms with Gasteiger partial charge in [0.05, 0.1) is 6.10 Å². The zero-order valence-electron chi connectivity index (χ0n) is 9.29. The lowest BCUT2D eigenvalue weighted by Crippen LogP contribution is -2.05. The standard InChI is InChI=1S/C13H15NO2/c1-7(15)9-6-13(16)11-5-12-8(2-3-14-12)4-10(9)11/h4-5,9,13-14,16H,2-3,6H2,1H3. The van der Waals surface area contributed by atoms with Gasteiger partial charge >= 0.3 is 0 Å². The summed E-state index contributed by atoms with van der Waals surface area (Å²) in [6, 6.07) is 4.12. The molecule has 0 radical (unpaired) electrons. The molecular weight excluding hydrogens is 202 g/mol. The molecule has 0 amide bonds. The molecule has 2 aliphatic rings. The minimum absolute atomic E-state index is 0.101. The van der Waals surface area contributed by atoms with Gasteiger partial charge in [-0.2, -0.15) is 0 Å². The van der Waals surface area contributed by atoms with Gasteiger partial charge in [0.25, 0.3) is 0 Å². The Morgan fingerprint density at radius 2 is 2.25 bits per heavy atom. The first-order chi connectivity index (χ1) is 7.66. The van der Waals surface area contributed by atoms with Crippen LogP contribution in [0.1, 0.15) is 42.1 Å². The fourth-order valence-corrected chi connectivity index (χ4v) is 2.84. The van der Waals surface area contributed by atoms with Crippen molar-refractivity contribution in [1.29, 1.82) is 0 Å². The molecule has 3 rings (SSSR count). The molecule has 2 atom stereocenters. The van der Waals surface area contributed by atoms with Gasteiger partial charge in [0.1, 0.15) is 5.78 Å². The number of hydrogen-bond acceptors (Lipinski definition) is 3. The predicted molar refractivity (Wildman–Crippen MR) is 61.6 cm³/mol. The minimum Gasteiger partial charge on any atom is -0.388 e. The lowest BCUT2D eigenvalue weighted by atomic mass is 9.95. The Kier molecular flexibility index (Phi) is 2.04. The van der Waals surface area contributed by atoms with Gasteiger partial charge < -0.3 is 10.4 Å². The van der Waals surface area contributed by atoms with E-state index in [4.69, 9.17) is 0 Å². The number of hydrogen-bond donors (Lipinski definition) is 2. The fourth-order valence-electron chi connectivity index (χ4n) is 2.84. The highest BCUT2D eigenvalue weighted by Crippen LogP contribution is 2.43. The van der Waals surface area contributed by atoms with Crippen LogP contribution in [0, 0.1) is 0 Å². The fraction of sp³-hybridized carbons (Fsp3) is 0.462. The molecule has 2 N–H and O–H groups in total. The number of Topliss-reactive ketones (excluding diaryl/α,β-unsaturated/α-hetero) is 1. The number of rotatable bonds is 1. The maximum atomic E-state index is 11.5.